The highest BCUT2D eigenvalue weighted by molar-refractivity contribution is 6.35. The van der Waals surface area contributed by atoms with E-state index in [1.165, 1.54) is 0 Å². The number of rotatable bonds is 2. The molecular formula is C15H14Cl2N2O. The van der Waals surface area contributed by atoms with Gasteiger partial charge in [-0.2, -0.15) is 0 Å². The molecule has 0 fully saturated rings. The molecule has 2 rings (SSSR count). The molecule has 2 aromatic rings. The van der Waals surface area contributed by atoms with Crippen molar-refractivity contribution in [3.8, 4) is 0 Å². The molecule has 0 heterocycles. The lowest BCUT2D eigenvalue weighted by molar-refractivity contribution is 0.102. The maximum absolute atomic E-state index is 12.2. The lowest BCUT2D eigenvalue weighted by atomic mass is 10.1. The van der Waals surface area contributed by atoms with Gasteiger partial charge in [0.2, 0.25) is 0 Å². The lowest BCUT2D eigenvalue weighted by Crippen LogP contribution is -2.13. The van der Waals surface area contributed by atoms with Crippen molar-refractivity contribution < 1.29 is 4.79 Å². The van der Waals surface area contributed by atoms with Gasteiger partial charge in [-0.05, 0) is 55.3 Å². The summed E-state index contributed by atoms with van der Waals surface area (Å²) in [4.78, 5) is 12.2. The van der Waals surface area contributed by atoms with Gasteiger partial charge in [0.1, 0.15) is 0 Å². The van der Waals surface area contributed by atoms with Gasteiger partial charge >= 0.3 is 0 Å². The van der Waals surface area contributed by atoms with Crippen LogP contribution >= 0.6 is 23.2 Å². The summed E-state index contributed by atoms with van der Waals surface area (Å²) in [5, 5.41) is 3.59. The van der Waals surface area contributed by atoms with Crippen LogP contribution < -0.4 is 11.1 Å². The quantitative estimate of drug-likeness (QED) is 0.806. The molecule has 0 spiro atoms. The Morgan fingerprint density at radius 1 is 1.00 bits per heavy atom. The smallest absolute Gasteiger partial charge is 0.255 e. The molecule has 0 aliphatic rings. The standard InChI is InChI=1S/C15H14Cl2N2O/c1-8-3-13(18)14(4-9(8)2)19-15(20)10-5-11(16)7-12(17)6-10/h3-7H,18H2,1-2H3,(H,19,20). The number of carbonyl (C=O) groups excluding carboxylic acids is 1. The molecule has 104 valence electrons. The van der Waals surface area contributed by atoms with Crippen molar-refractivity contribution >= 4 is 40.5 Å². The van der Waals surface area contributed by atoms with Crippen LogP contribution in [-0.2, 0) is 0 Å². The maximum atomic E-state index is 12.2. The van der Waals surface area contributed by atoms with Crippen molar-refractivity contribution in [3.05, 3.63) is 57.1 Å². The van der Waals surface area contributed by atoms with E-state index in [2.05, 4.69) is 5.32 Å². The fourth-order valence-corrected chi connectivity index (χ4v) is 2.35. The predicted octanol–water partition coefficient (Wildman–Crippen LogP) is 4.44. The Morgan fingerprint density at radius 3 is 2.15 bits per heavy atom. The van der Waals surface area contributed by atoms with E-state index in [1.54, 1.807) is 18.2 Å². The molecule has 0 radical (unpaired) electrons. The van der Waals surface area contributed by atoms with Crippen LogP contribution in [0.3, 0.4) is 0 Å². The molecule has 0 aromatic heterocycles. The van der Waals surface area contributed by atoms with Crippen molar-refractivity contribution in [3.63, 3.8) is 0 Å². The number of hydrogen-bond donors (Lipinski definition) is 2. The highest BCUT2D eigenvalue weighted by atomic mass is 35.5. The monoisotopic (exact) mass is 308 g/mol. The van der Waals surface area contributed by atoms with E-state index in [9.17, 15) is 4.79 Å². The number of benzene rings is 2. The first-order valence-electron chi connectivity index (χ1n) is 6.01. The minimum atomic E-state index is -0.302. The van der Waals surface area contributed by atoms with Crippen LogP contribution in [0.2, 0.25) is 10.0 Å². The summed E-state index contributed by atoms with van der Waals surface area (Å²) in [5.41, 5.74) is 9.53. The van der Waals surface area contributed by atoms with Crippen LogP contribution in [0.1, 0.15) is 21.5 Å². The van der Waals surface area contributed by atoms with Crippen molar-refractivity contribution in [1.29, 1.82) is 0 Å². The lowest BCUT2D eigenvalue weighted by Gasteiger charge is -2.11. The first-order valence-corrected chi connectivity index (χ1v) is 6.76. The highest BCUT2D eigenvalue weighted by Gasteiger charge is 2.11. The molecule has 0 saturated heterocycles. The average Bonchev–Trinajstić information content (AvgIpc) is 2.34. The summed E-state index contributed by atoms with van der Waals surface area (Å²) in [7, 11) is 0. The van der Waals surface area contributed by atoms with Crippen molar-refractivity contribution in [2.75, 3.05) is 11.1 Å². The Kier molecular flexibility index (Phi) is 4.21. The van der Waals surface area contributed by atoms with Crippen LogP contribution in [0.15, 0.2) is 30.3 Å². The third-order valence-corrected chi connectivity index (χ3v) is 3.48. The van der Waals surface area contributed by atoms with Crippen molar-refractivity contribution in [2.24, 2.45) is 0 Å². The van der Waals surface area contributed by atoms with Crippen LogP contribution in [0, 0.1) is 13.8 Å². The molecule has 0 aliphatic carbocycles. The number of anilines is 2. The molecule has 0 bridgehead atoms. The molecule has 3 nitrogen and oxygen atoms in total. The van der Waals surface area contributed by atoms with Crippen LogP contribution in [0.5, 0.6) is 0 Å². The molecule has 0 saturated carbocycles. The maximum Gasteiger partial charge on any atom is 0.255 e. The summed E-state index contributed by atoms with van der Waals surface area (Å²) < 4.78 is 0. The minimum Gasteiger partial charge on any atom is -0.397 e. The fourth-order valence-electron chi connectivity index (χ4n) is 1.83. The van der Waals surface area contributed by atoms with E-state index in [4.69, 9.17) is 28.9 Å². The zero-order chi connectivity index (χ0) is 14.9. The van der Waals surface area contributed by atoms with E-state index < -0.39 is 0 Å². The van der Waals surface area contributed by atoms with E-state index in [0.29, 0.717) is 27.0 Å². The molecule has 3 N–H and O–H groups in total. The Labute approximate surface area is 127 Å². The largest absolute Gasteiger partial charge is 0.397 e. The average molecular weight is 309 g/mol. The van der Waals surface area contributed by atoms with E-state index in [-0.39, 0.29) is 5.91 Å². The predicted molar refractivity (Wildman–Crippen MR) is 84.7 cm³/mol. The number of carbonyl (C=O) groups is 1. The molecular weight excluding hydrogens is 295 g/mol. The van der Waals surface area contributed by atoms with Crippen LogP contribution in [0.4, 0.5) is 11.4 Å². The zero-order valence-electron chi connectivity index (χ0n) is 11.1. The fraction of sp³-hybridized carbons (Fsp3) is 0.133. The molecule has 0 atom stereocenters. The number of nitrogen functional groups attached to an aromatic ring is 1. The third kappa shape index (κ3) is 3.24. The Morgan fingerprint density at radius 2 is 1.55 bits per heavy atom. The molecule has 1 amide bonds. The normalized spacial score (nSPS) is 10.4. The van der Waals surface area contributed by atoms with E-state index >= 15 is 0 Å². The first-order chi connectivity index (χ1) is 9.36. The SMILES string of the molecule is Cc1cc(N)c(NC(=O)c2cc(Cl)cc(Cl)c2)cc1C. The first kappa shape index (κ1) is 14.7. The van der Waals surface area contributed by atoms with Gasteiger partial charge in [0.05, 0.1) is 11.4 Å². The molecule has 0 unspecified atom stereocenters. The molecule has 20 heavy (non-hydrogen) atoms. The Balaban J connectivity index is 2.30. The second kappa shape index (κ2) is 5.73. The number of nitrogens with two attached hydrogens (primary N) is 1. The van der Waals surface area contributed by atoms with Gasteiger partial charge in [0.15, 0.2) is 0 Å². The van der Waals surface area contributed by atoms with Gasteiger partial charge in [0, 0.05) is 15.6 Å². The second-order valence-corrected chi connectivity index (χ2v) is 5.51. The van der Waals surface area contributed by atoms with Gasteiger partial charge in [-0.3, -0.25) is 4.79 Å². The van der Waals surface area contributed by atoms with Gasteiger partial charge in [-0.15, -0.1) is 0 Å². The zero-order valence-corrected chi connectivity index (χ0v) is 12.6. The number of amides is 1. The summed E-state index contributed by atoms with van der Waals surface area (Å²) in [6.07, 6.45) is 0. The topological polar surface area (TPSA) is 55.1 Å². The Bertz CT molecular complexity index is 664. The minimum absolute atomic E-state index is 0.302. The van der Waals surface area contributed by atoms with Crippen LogP contribution in [0.25, 0.3) is 0 Å². The molecule has 0 aliphatic heterocycles. The third-order valence-electron chi connectivity index (χ3n) is 3.04. The second-order valence-electron chi connectivity index (χ2n) is 4.64. The van der Waals surface area contributed by atoms with Crippen molar-refractivity contribution in [2.45, 2.75) is 13.8 Å². The van der Waals surface area contributed by atoms with E-state index in [1.807, 2.05) is 26.0 Å². The number of hydrogen-bond acceptors (Lipinski definition) is 2. The Hall–Kier alpha value is -1.71. The highest BCUT2D eigenvalue weighted by Crippen LogP contribution is 2.25. The van der Waals surface area contributed by atoms with Crippen molar-refractivity contribution in [1.82, 2.24) is 0 Å². The summed E-state index contributed by atoms with van der Waals surface area (Å²) in [6.45, 7) is 3.93. The van der Waals surface area contributed by atoms with Gasteiger partial charge < -0.3 is 11.1 Å². The van der Waals surface area contributed by atoms with Gasteiger partial charge in [-0.25, -0.2) is 0 Å². The van der Waals surface area contributed by atoms with Crippen LogP contribution in [-0.4, -0.2) is 5.91 Å². The number of aryl methyl sites for hydroxylation is 2. The molecule has 5 heteroatoms. The summed E-state index contributed by atoms with van der Waals surface area (Å²) in [6, 6.07) is 8.36. The number of halogens is 2. The molecule has 2 aromatic carbocycles. The van der Waals surface area contributed by atoms with Gasteiger partial charge in [-0.1, -0.05) is 23.2 Å². The number of nitrogens with one attached hydrogen (secondary N) is 1. The summed E-state index contributed by atoms with van der Waals surface area (Å²) >= 11 is 11.8. The summed E-state index contributed by atoms with van der Waals surface area (Å²) in [5.74, 6) is -0.302. The van der Waals surface area contributed by atoms with Gasteiger partial charge in [0.25, 0.3) is 5.91 Å². The van der Waals surface area contributed by atoms with E-state index in [0.717, 1.165) is 11.1 Å².